The number of nitrogens with one attached hydrogen (secondary N) is 1. The average Bonchev–Trinajstić information content (AvgIpc) is 3.42. The van der Waals surface area contributed by atoms with Crippen LogP contribution in [0.5, 0.6) is 5.75 Å². The molecule has 8 nitrogen and oxygen atoms in total. The molecule has 0 radical (unpaired) electrons. The minimum Gasteiger partial charge on any atom is -0.483 e. The van der Waals surface area contributed by atoms with Gasteiger partial charge in [-0.2, -0.15) is 0 Å². The Morgan fingerprint density at radius 1 is 1.21 bits per heavy atom. The fourth-order valence-electron chi connectivity index (χ4n) is 3.14. The zero-order valence-corrected chi connectivity index (χ0v) is 21.0. The molecule has 176 valence electrons. The number of amides is 1. The molecule has 1 unspecified atom stereocenters. The molecule has 3 rings (SSSR count). The zero-order chi connectivity index (χ0) is 24.0. The summed E-state index contributed by atoms with van der Waals surface area (Å²) in [7, 11) is 1.33. The van der Waals surface area contributed by atoms with E-state index in [-0.39, 0.29) is 17.8 Å². The summed E-state index contributed by atoms with van der Waals surface area (Å²) in [5.41, 5.74) is 1.54. The first-order valence-electron chi connectivity index (χ1n) is 10.7. The largest absolute Gasteiger partial charge is 0.483 e. The van der Waals surface area contributed by atoms with E-state index in [2.05, 4.69) is 15.5 Å². The highest BCUT2D eigenvalue weighted by atomic mass is 32.2. The standard InChI is InChI=1S/C23H28N4O4S2/c1-6-17-12-18(22(29)30-5)21(33-17)24-19(28)13-32-23-26-25-20(27(23)7-2)15(4)31-16-10-8-14(3)9-11-16/h8-12,15H,6-7,13H2,1-5H3,(H,24,28). The fraction of sp³-hybridized carbons (Fsp3) is 0.391. The van der Waals surface area contributed by atoms with Crippen molar-refractivity contribution in [2.45, 2.75) is 51.9 Å². The van der Waals surface area contributed by atoms with Crippen LogP contribution in [0.3, 0.4) is 0 Å². The van der Waals surface area contributed by atoms with E-state index in [1.165, 1.54) is 30.2 Å². The normalized spacial score (nSPS) is 11.8. The van der Waals surface area contributed by atoms with Gasteiger partial charge in [0.1, 0.15) is 10.8 Å². The Bertz CT molecular complexity index is 1110. The molecule has 1 aromatic carbocycles. The summed E-state index contributed by atoms with van der Waals surface area (Å²) >= 11 is 2.67. The Morgan fingerprint density at radius 2 is 1.94 bits per heavy atom. The van der Waals surface area contributed by atoms with E-state index >= 15 is 0 Å². The van der Waals surface area contributed by atoms with Crippen LogP contribution in [0.25, 0.3) is 0 Å². The number of esters is 1. The lowest BCUT2D eigenvalue weighted by molar-refractivity contribution is -0.113. The highest BCUT2D eigenvalue weighted by Crippen LogP contribution is 2.30. The Morgan fingerprint density at radius 3 is 2.58 bits per heavy atom. The molecule has 1 N–H and O–H groups in total. The SMILES string of the molecule is CCc1cc(C(=O)OC)c(NC(=O)CSc2nnc(C(C)Oc3ccc(C)cc3)n2CC)s1. The van der Waals surface area contributed by atoms with Gasteiger partial charge in [-0.1, -0.05) is 36.4 Å². The third kappa shape index (κ3) is 6.14. The number of thiophene rings is 1. The monoisotopic (exact) mass is 488 g/mol. The van der Waals surface area contributed by atoms with Gasteiger partial charge in [0.15, 0.2) is 17.1 Å². The maximum absolute atomic E-state index is 12.6. The van der Waals surface area contributed by atoms with Crippen molar-refractivity contribution in [1.29, 1.82) is 0 Å². The molecule has 33 heavy (non-hydrogen) atoms. The summed E-state index contributed by atoms with van der Waals surface area (Å²) in [5, 5.41) is 12.5. The first kappa shape index (κ1) is 24.8. The Kier molecular flexibility index (Phi) is 8.51. The zero-order valence-electron chi connectivity index (χ0n) is 19.4. The van der Waals surface area contributed by atoms with Crippen molar-refractivity contribution in [3.63, 3.8) is 0 Å². The fourth-order valence-corrected chi connectivity index (χ4v) is 4.95. The summed E-state index contributed by atoms with van der Waals surface area (Å²) in [4.78, 5) is 25.6. The van der Waals surface area contributed by atoms with Gasteiger partial charge in [0.25, 0.3) is 0 Å². The van der Waals surface area contributed by atoms with Crippen LogP contribution in [0.15, 0.2) is 35.5 Å². The molecule has 0 saturated heterocycles. The molecule has 1 amide bonds. The molecular formula is C23H28N4O4S2. The molecule has 0 aliphatic heterocycles. The second-order valence-corrected chi connectivity index (χ2v) is 9.37. The van der Waals surface area contributed by atoms with E-state index < -0.39 is 5.97 Å². The second-order valence-electron chi connectivity index (χ2n) is 7.30. The Hall–Kier alpha value is -2.85. The number of rotatable bonds is 10. The minimum absolute atomic E-state index is 0.130. The molecular weight excluding hydrogens is 460 g/mol. The molecule has 2 heterocycles. The second kappa shape index (κ2) is 11.3. The predicted molar refractivity (Wildman–Crippen MR) is 130 cm³/mol. The van der Waals surface area contributed by atoms with Crippen LogP contribution in [0, 0.1) is 6.92 Å². The summed E-state index contributed by atoms with van der Waals surface area (Å²) in [5.74, 6) is 0.888. The van der Waals surface area contributed by atoms with Gasteiger partial charge >= 0.3 is 5.97 Å². The van der Waals surface area contributed by atoms with Crippen molar-refractivity contribution in [2.75, 3.05) is 18.2 Å². The number of benzene rings is 1. The molecule has 0 fully saturated rings. The lowest BCUT2D eigenvalue weighted by atomic mass is 10.2. The summed E-state index contributed by atoms with van der Waals surface area (Å²) in [6.45, 7) is 8.58. The van der Waals surface area contributed by atoms with Crippen LogP contribution >= 0.6 is 23.1 Å². The number of nitrogens with zero attached hydrogens (tertiary/aromatic N) is 3. The van der Waals surface area contributed by atoms with Gasteiger partial charge in [-0.25, -0.2) is 4.79 Å². The van der Waals surface area contributed by atoms with Crippen LogP contribution in [0.2, 0.25) is 0 Å². The third-order valence-corrected chi connectivity index (χ3v) is 7.04. The molecule has 0 aliphatic rings. The van der Waals surface area contributed by atoms with Crippen molar-refractivity contribution in [1.82, 2.24) is 14.8 Å². The van der Waals surface area contributed by atoms with Gasteiger partial charge in [-0.15, -0.1) is 21.5 Å². The molecule has 10 heteroatoms. The van der Waals surface area contributed by atoms with Crippen molar-refractivity contribution in [3.8, 4) is 5.75 Å². The summed E-state index contributed by atoms with van der Waals surface area (Å²) in [6.07, 6.45) is 0.467. The number of anilines is 1. The molecule has 3 aromatic rings. The van der Waals surface area contributed by atoms with E-state index in [1.54, 1.807) is 6.07 Å². The lowest BCUT2D eigenvalue weighted by Crippen LogP contribution is -2.16. The first-order chi connectivity index (χ1) is 15.9. The van der Waals surface area contributed by atoms with Crippen molar-refractivity contribution in [3.05, 3.63) is 52.2 Å². The average molecular weight is 489 g/mol. The molecule has 1 atom stereocenters. The Balaban J connectivity index is 1.65. The smallest absolute Gasteiger partial charge is 0.340 e. The number of carbonyl (C=O) groups is 2. The van der Waals surface area contributed by atoms with Crippen LogP contribution in [-0.2, 0) is 22.5 Å². The van der Waals surface area contributed by atoms with Crippen LogP contribution in [0.4, 0.5) is 5.00 Å². The van der Waals surface area contributed by atoms with E-state index in [1.807, 2.05) is 56.5 Å². The first-order valence-corrected chi connectivity index (χ1v) is 12.5. The van der Waals surface area contributed by atoms with E-state index in [0.717, 1.165) is 22.6 Å². The van der Waals surface area contributed by atoms with E-state index in [9.17, 15) is 9.59 Å². The summed E-state index contributed by atoms with van der Waals surface area (Å²) < 4.78 is 12.8. The molecule has 0 saturated carbocycles. The number of thioether (sulfide) groups is 1. The number of aromatic nitrogens is 3. The van der Waals surface area contributed by atoms with Crippen LogP contribution in [-0.4, -0.2) is 39.5 Å². The highest BCUT2D eigenvalue weighted by molar-refractivity contribution is 7.99. The molecule has 0 bridgehead atoms. The van der Waals surface area contributed by atoms with Crippen LogP contribution in [0.1, 0.15) is 53.5 Å². The number of aryl methyl sites for hydroxylation is 2. The molecule has 0 aliphatic carbocycles. The third-order valence-electron chi connectivity index (χ3n) is 4.88. The molecule has 2 aromatic heterocycles. The van der Waals surface area contributed by atoms with Gasteiger partial charge in [-0.05, 0) is 45.4 Å². The van der Waals surface area contributed by atoms with Gasteiger partial charge in [0.05, 0.1) is 18.4 Å². The quantitative estimate of drug-likeness (QED) is 0.321. The number of methoxy groups -OCH3 is 1. The molecule has 0 spiro atoms. The number of carbonyl (C=O) groups excluding carboxylic acids is 2. The lowest BCUT2D eigenvalue weighted by Gasteiger charge is -2.15. The maximum atomic E-state index is 12.6. The Labute approximate surface area is 201 Å². The van der Waals surface area contributed by atoms with Gasteiger partial charge in [0.2, 0.25) is 5.91 Å². The summed E-state index contributed by atoms with van der Waals surface area (Å²) in [6, 6.07) is 9.60. The van der Waals surface area contributed by atoms with E-state index in [4.69, 9.17) is 9.47 Å². The topological polar surface area (TPSA) is 95.3 Å². The van der Waals surface area contributed by atoms with Crippen LogP contribution < -0.4 is 10.1 Å². The van der Waals surface area contributed by atoms with Gasteiger partial charge in [-0.3, -0.25) is 4.79 Å². The van der Waals surface area contributed by atoms with Crippen molar-refractivity contribution >= 4 is 40.0 Å². The van der Waals surface area contributed by atoms with Crippen molar-refractivity contribution < 1.29 is 19.1 Å². The maximum Gasteiger partial charge on any atom is 0.340 e. The van der Waals surface area contributed by atoms with Gasteiger partial charge < -0.3 is 19.4 Å². The number of ether oxygens (including phenoxy) is 2. The minimum atomic E-state index is -0.466. The number of hydrogen-bond acceptors (Lipinski definition) is 8. The predicted octanol–water partition coefficient (Wildman–Crippen LogP) is 4.89. The van der Waals surface area contributed by atoms with Crippen molar-refractivity contribution in [2.24, 2.45) is 0 Å². The number of hydrogen-bond donors (Lipinski definition) is 1. The van der Waals surface area contributed by atoms with E-state index in [0.29, 0.717) is 28.1 Å². The van der Waals surface area contributed by atoms with Gasteiger partial charge in [0, 0.05) is 11.4 Å². The highest BCUT2D eigenvalue weighted by Gasteiger charge is 2.21.